The van der Waals surface area contributed by atoms with Gasteiger partial charge in [0.05, 0.1) is 6.61 Å². The maximum absolute atomic E-state index is 9.62. The summed E-state index contributed by atoms with van der Waals surface area (Å²) < 4.78 is 0. The first-order chi connectivity index (χ1) is 9.04. The molecule has 1 aliphatic heterocycles. The topological polar surface area (TPSA) is 35.5 Å². The third kappa shape index (κ3) is 5.41. The molecule has 1 saturated heterocycles. The molecule has 0 aromatic heterocycles. The molecule has 0 spiro atoms. The van der Waals surface area contributed by atoms with Crippen LogP contribution in [0.25, 0.3) is 0 Å². The summed E-state index contributed by atoms with van der Waals surface area (Å²) in [5.41, 5.74) is -0.134. The number of nitrogens with one attached hydrogen (secondary N) is 1. The summed E-state index contributed by atoms with van der Waals surface area (Å²) >= 11 is 0. The van der Waals surface area contributed by atoms with Gasteiger partial charge in [-0.25, -0.2) is 0 Å². The van der Waals surface area contributed by atoms with Crippen LogP contribution in [0.2, 0.25) is 0 Å². The van der Waals surface area contributed by atoms with Gasteiger partial charge in [0, 0.05) is 11.6 Å². The predicted octanol–water partition coefficient (Wildman–Crippen LogP) is 2.64. The van der Waals surface area contributed by atoms with Crippen LogP contribution in [0.3, 0.4) is 0 Å². The molecule has 2 N–H and O–H groups in total. The molecule has 3 unspecified atom stereocenters. The van der Waals surface area contributed by atoms with E-state index in [4.69, 9.17) is 0 Å². The van der Waals surface area contributed by atoms with Crippen molar-refractivity contribution < 1.29 is 5.11 Å². The van der Waals surface area contributed by atoms with Crippen molar-refractivity contribution in [3.63, 3.8) is 0 Å². The van der Waals surface area contributed by atoms with Gasteiger partial charge in [-0.1, -0.05) is 20.3 Å². The fourth-order valence-electron chi connectivity index (χ4n) is 3.44. The lowest BCUT2D eigenvalue weighted by Gasteiger charge is -2.36. The van der Waals surface area contributed by atoms with Crippen LogP contribution in [0, 0.1) is 5.92 Å². The van der Waals surface area contributed by atoms with Crippen molar-refractivity contribution in [2.75, 3.05) is 26.2 Å². The number of likely N-dealkylation sites (tertiary alicyclic amines) is 1. The second kappa shape index (κ2) is 8.23. The normalized spacial score (nSPS) is 26.7. The van der Waals surface area contributed by atoms with Crippen molar-refractivity contribution in [1.82, 2.24) is 10.2 Å². The Morgan fingerprint density at radius 1 is 1.32 bits per heavy atom. The number of likely N-dealkylation sites (N-methyl/N-ethyl adjacent to an activating group) is 1. The highest BCUT2D eigenvalue weighted by atomic mass is 16.3. The van der Waals surface area contributed by atoms with Crippen molar-refractivity contribution in [2.24, 2.45) is 5.92 Å². The predicted molar refractivity (Wildman–Crippen MR) is 82.5 cm³/mol. The highest BCUT2D eigenvalue weighted by molar-refractivity contribution is 4.87. The molecule has 0 aliphatic carbocycles. The van der Waals surface area contributed by atoms with E-state index in [-0.39, 0.29) is 12.1 Å². The maximum atomic E-state index is 9.62. The summed E-state index contributed by atoms with van der Waals surface area (Å²) in [4.78, 5) is 2.63. The second-order valence-electron chi connectivity index (χ2n) is 6.54. The highest BCUT2D eigenvalue weighted by Crippen LogP contribution is 2.24. The lowest BCUT2D eigenvalue weighted by molar-refractivity contribution is 0.117. The largest absolute Gasteiger partial charge is 0.394 e. The molecule has 1 heterocycles. The molecule has 0 amide bonds. The molecule has 3 nitrogen and oxygen atoms in total. The van der Waals surface area contributed by atoms with Gasteiger partial charge in [0.15, 0.2) is 0 Å². The maximum Gasteiger partial charge on any atom is 0.0611 e. The fourth-order valence-corrected chi connectivity index (χ4v) is 3.44. The molecule has 1 fully saturated rings. The van der Waals surface area contributed by atoms with Crippen LogP contribution in [0.15, 0.2) is 0 Å². The van der Waals surface area contributed by atoms with E-state index in [0.29, 0.717) is 6.04 Å². The SMILES string of the molecule is CCNC(C)(CO)CC(C)N1CCCC(CC)CC1. The molecule has 0 saturated carbocycles. The standard InChI is InChI=1S/C16H34N2O/c1-5-15-8-7-10-18(11-9-15)14(3)12-16(4,13-19)17-6-2/h14-15,17,19H,5-13H2,1-4H3. The van der Waals surface area contributed by atoms with Gasteiger partial charge in [0.25, 0.3) is 0 Å². The summed E-state index contributed by atoms with van der Waals surface area (Å²) in [6.07, 6.45) is 6.42. The van der Waals surface area contributed by atoms with Gasteiger partial charge in [0.1, 0.15) is 0 Å². The second-order valence-corrected chi connectivity index (χ2v) is 6.54. The minimum Gasteiger partial charge on any atom is -0.394 e. The van der Waals surface area contributed by atoms with E-state index in [1.807, 2.05) is 0 Å². The van der Waals surface area contributed by atoms with E-state index >= 15 is 0 Å². The van der Waals surface area contributed by atoms with Crippen LogP contribution in [0.5, 0.6) is 0 Å². The number of aliphatic hydroxyl groups excluding tert-OH is 1. The molecular weight excluding hydrogens is 236 g/mol. The van der Waals surface area contributed by atoms with Gasteiger partial charge < -0.3 is 15.3 Å². The van der Waals surface area contributed by atoms with E-state index in [2.05, 4.69) is 37.9 Å². The Morgan fingerprint density at radius 3 is 2.63 bits per heavy atom. The minimum absolute atomic E-state index is 0.134. The van der Waals surface area contributed by atoms with Gasteiger partial charge in [-0.3, -0.25) is 0 Å². The first kappa shape index (κ1) is 16.9. The summed E-state index contributed by atoms with van der Waals surface area (Å²) in [7, 11) is 0. The van der Waals surface area contributed by atoms with Gasteiger partial charge in [-0.15, -0.1) is 0 Å². The summed E-state index contributed by atoms with van der Waals surface area (Å²) in [6, 6.07) is 0.548. The molecule has 1 aliphatic rings. The zero-order valence-electron chi connectivity index (χ0n) is 13.4. The minimum atomic E-state index is -0.134. The van der Waals surface area contributed by atoms with E-state index in [0.717, 1.165) is 18.9 Å². The lowest BCUT2D eigenvalue weighted by atomic mass is 9.93. The summed E-state index contributed by atoms with van der Waals surface area (Å²) in [6.45, 7) is 12.5. The van der Waals surface area contributed by atoms with Crippen LogP contribution in [0.4, 0.5) is 0 Å². The van der Waals surface area contributed by atoms with Crippen molar-refractivity contribution in [1.29, 1.82) is 0 Å². The van der Waals surface area contributed by atoms with Gasteiger partial charge in [-0.05, 0) is 65.1 Å². The monoisotopic (exact) mass is 270 g/mol. The van der Waals surface area contributed by atoms with E-state index in [1.54, 1.807) is 0 Å². The molecule has 0 aromatic carbocycles. The quantitative estimate of drug-likeness (QED) is 0.746. The molecule has 114 valence electrons. The molecule has 3 atom stereocenters. The van der Waals surface area contributed by atoms with Gasteiger partial charge >= 0.3 is 0 Å². The van der Waals surface area contributed by atoms with E-state index in [9.17, 15) is 5.11 Å². The Bertz CT molecular complexity index is 247. The molecule has 0 radical (unpaired) electrons. The number of rotatable bonds is 7. The average molecular weight is 270 g/mol. The van der Waals surface area contributed by atoms with E-state index < -0.39 is 0 Å². The van der Waals surface area contributed by atoms with Crippen molar-refractivity contribution in [3.05, 3.63) is 0 Å². The first-order valence-electron chi connectivity index (χ1n) is 8.14. The van der Waals surface area contributed by atoms with Crippen molar-refractivity contribution in [2.45, 2.75) is 71.4 Å². The van der Waals surface area contributed by atoms with Crippen molar-refractivity contribution in [3.8, 4) is 0 Å². The molecule has 19 heavy (non-hydrogen) atoms. The zero-order valence-corrected chi connectivity index (χ0v) is 13.4. The smallest absolute Gasteiger partial charge is 0.0611 e. The lowest BCUT2D eigenvalue weighted by Crippen LogP contribution is -2.50. The Balaban J connectivity index is 2.49. The molecule has 0 bridgehead atoms. The molecule has 3 heteroatoms. The fraction of sp³-hybridized carbons (Fsp3) is 1.00. The Morgan fingerprint density at radius 2 is 2.05 bits per heavy atom. The number of hydrogen-bond donors (Lipinski definition) is 2. The number of nitrogens with zero attached hydrogens (tertiary/aromatic N) is 1. The third-order valence-corrected chi connectivity index (χ3v) is 4.78. The Kier molecular flexibility index (Phi) is 7.33. The molecular formula is C16H34N2O. The molecule has 1 rings (SSSR count). The highest BCUT2D eigenvalue weighted by Gasteiger charge is 2.28. The van der Waals surface area contributed by atoms with Crippen LogP contribution in [0.1, 0.15) is 59.8 Å². The third-order valence-electron chi connectivity index (χ3n) is 4.78. The first-order valence-corrected chi connectivity index (χ1v) is 8.14. The number of aliphatic hydroxyl groups is 1. The zero-order chi connectivity index (χ0) is 14.3. The van der Waals surface area contributed by atoms with E-state index in [1.165, 1.54) is 38.8 Å². The van der Waals surface area contributed by atoms with Crippen LogP contribution in [-0.2, 0) is 0 Å². The Hall–Kier alpha value is -0.120. The Labute approximate surface area is 119 Å². The van der Waals surface area contributed by atoms with Gasteiger partial charge in [0.2, 0.25) is 0 Å². The summed E-state index contributed by atoms with van der Waals surface area (Å²) in [5.74, 6) is 0.926. The van der Waals surface area contributed by atoms with Gasteiger partial charge in [-0.2, -0.15) is 0 Å². The summed E-state index contributed by atoms with van der Waals surface area (Å²) in [5, 5.41) is 13.1. The van der Waals surface area contributed by atoms with Crippen LogP contribution in [-0.4, -0.2) is 47.8 Å². The number of hydrogen-bond acceptors (Lipinski definition) is 3. The molecule has 0 aromatic rings. The van der Waals surface area contributed by atoms with Crippen LogP contribution >= 0.6 is 0 Å². The van der Waals surface area contributed by atoms with Crippen molar-refractivity contribution >= 4 is 0 Å². The average Bonchev–Trinajstić information content (AvgIpc) is 2.64. The van der Waals surface area contributed by atoms with Crippen LogP contribution < -0.4 is 5.32 Å².